The van der Waals surface area contributed by atoms with Crippen LogP contribution in [0.2, 0.25) is 0 Å². The van der Waals surface area contributed by atoms with Gasteiger partial charge in [-0.05, 0) is 41.5 Å². The van der Waals surface area contributed by atoms with E-state index in [9.17, 15) is 9.59 Å². The molecular formula is C25H25N3O4. The van der Waals surface area contributed by atoms with Crippen LogP contribution in [0.5, 0.6) is 11.5 Å². The van der Waals surface area contributed by atoms with Gasteiger partial charge in [0.2, 0.25) is 11.8 Å². The van der Waals surface area contributed by atoms with Crippen LogP contribution in [0.25, 0.3) is 0 Å². The summed E-state index contributed by atoms with van der Waals surface area (Å²) in [6.07, 6.45) is 1.61. The van der Waals surface area contributed by atoms with Crippen LogP contribution in [0.15, 0.2) is 84.0 Å². The first kappa shape index (κ1) is 22.6. The first-order chi connectivity index (χ1) is 15.6. The van der Waals surface area contributed by atoms with Gasteiger partial charge >= 0.3 is 0 Å². The third-order valence-corrected chi connectivity index (χ3v) is 4.46. The standard InChI is InChI=1S/C25H25N3O4/c1-31-23-16-20(12-13-22(23)32-18-19-8-4-2-5-9-19)17-26-28-25(30)15-14-24(29)27-21-10-6-3-7-11-21/h2-13,16-17H,14-15,18H2,1H3,(H,27,29)(H,28,30). The summed E-state index contributed by atoms with van der Waals surface area (Å²) in [4.78, 5) is 23.8. The maximum absolute atomic E-state index is 11.9. The molecule has 0 saturated carbocycles. The van der Waals surface area contributed by atoms with Gasteiger partial charge in [0.15, 0.2) is 11.5 Å². The molecule has 0 heterocycles. The molecule has 0 fully saturated rings. The number of ether oxygens (including phenoxy) is 2. The maximum Gasteiger partial charge on any atom is 0.240 e. The van der Waals surface area contributed by atoms with Gasteiger partial charge < -0.3 is 14.8 Å². The van der Waals surface area contributed by atoms with E-state index in [1.807, 2.05) is 54.6 Å². The summed E-state index contributed by atoms with van der Waals surface area (Å²) in [5, 5.41) is 6.68. The molecular weight excluding hydrogens is 406 g/mol. The van der Waals surface area contributed by atoms with Gasteiger partial charge in [-0.25, -0.2) is 5.43 Å². The molecule has 3 aromatic rings. The van der Waals surface area contributed by atoms with Gasteiger partial charge in [-0.15, -0.1) is 0 Å². The predicted octanol–water partition coefficient (Wildman–Crippen LogP) is 4.14. The number of para-hydroxylation sites is 1. The Morgan fingerprint density at radius 1 is 0.875 bits per heavy atom. The highest BCUT2D eigenvalue weighted by Gasteiger charge is 2.08. The van der Waals surface area contributed by atoms with Crippen LogP contribution in [0.3, 0.4) is 0 Å². The Morgan fingerprint density at radius 2 is 1.56 bits per heavy atom. The highest BCUT2D eigenvalue weighted by Crippen LogP contribution is 2.28. The summed E-state index contributed by atoms with van der Waals surface area (Å²) in [5.41, 5.74) is 4.91. The zero-order chi connectivity index (χ0) is 22.6. The number of methoxy groups -OCH3 is 1. The molecule has 164 valence electrons. The molecule has 2 amide bonds. The van der Waals surface area contributed by atoms with E-state index in [2.05, 4.69) is 15.8 Å². The van der Waals surface area contributed by atoms with Gasteiger partial charge in [-0.3, -0.25) is 9.59 Å². The van der Waals surface area contributed by atoms with E-state index in [0.717, 1.165) is 11.1 Å². The lowest BCUT2D eigenvalue weighted by Gasteiger charge is -2.11. The van der Waals surface area contributed by atoms with Crippen molar-refractivity contribution in [3.05, 3.63) is 90.0 Å². The van der Waals surface area contributed by atoms with Crippen molar-refractivity contribution in [3.63, 3.8) is 0 Å². The monoisotopic (exact) mass is 431 g/mol. The number of benzene rings is 3. The van der Waals surface area contributed by atoms with Gasteiger partial charge in [0.25, 0.3) is 0 Å². The number of hydrazone groups is 1. The average Bonchev–Trinajstić information content (AvgIpc) is 2.83. The smallest absolute Gasteiger partial charge is 0.240 e. The fraction of sp³-hybridized carbons (Fsp3) is 0.160. The number of nitrogens with one attached hydrogen (secondary N) is 2. The van der Waals surface area contributed by atoms with E-state index in [-0.39, 0.29) is 24.7 Å². The van der Waals surface area contributed by atoms with Crippen molar-refractivity contribution in [2.45, 2.75) is 19.4 Å². The Morgan fingerprint density at radius 3 is 2.28 bits per heavy atom. The Hall–Kier alpha value is -4.13. The normalized spacial score (nSPS) is 10.5. The van der Waals surface area contributed by atoms with E-state index in [1.54, 1.807) is 31.4 Å². The highest BCUT2D eigenvalue weighted by molar-refractivity contribution is 5.93. The molecule has 0 aromatic heterocycles. The molecule has 0 spiro atoms. The zero-order valence-corrected chi connectivity index (χ0v) is 17.8. The van der Waals surface area contributed by atoms with Crippen LogP contribution < -0.4 is 20.2 Å². The van der Waals surface area contributed by atoms with Crippen LogP contribution >= 0.6 is 0 Å². The molecule has 32 heavy (non-hydrogen) atoms. The first-order valence-corrected chi connectivity index (χ1v) is 10.2. The summed E-state index contributed by atoms with van der Waals surface area (Å²) >= 11 is 0. The van der Waals surface area contributed by atoms with Crippen LogP contribution in [-0.2, 0) is 16.2 Å². The lowest BCUT2D eigenvalue weighted by molar-refractivity contribution is -0.124. The molecule has 7 heteroatoms. The third kappa shape index (κ3) is 7.28. The van der Waals surface area contributed by atoms with Gasteiger partial charge in [0.1, 0.15) is 6.61 Å². The minimum atomic E-state index is -0.348. The summed E-state index contributed by atoms with van der Waals surface area (Å²) in [6.45, 7) is 0.429. The van der Waals surface area contributed by atoms with E-state index < -0.39 is 0 Å². The Kier molecular flexibility index (Phi) is 8.39. The third-order valence-electron chi connectivity index (χ3n) is 4.46. The number of hydrogen-bond donors (Lipinski definition) is 2. The molecule has 0 bridgehead atoms. The van der Waals surface area contributed by atoms with Crippen molar-refractivity contribution >= 4 is 23.7 Å². The van der Waals surface area contributed by atoms with Crippen LogP contribution in [-0.4, -0.2) is 25.1 Å². The molecule has 0 aliphatic rings. The molecule has 7 nitrogen and oxygen atoms in total. The van der Waals surface area contributed by atoms with Crippen molar-refractivity contribution in [2.24, 2.45) is 5.10 Å². The SMILES string of the molecule is COc1cc(C=NNC(=O)CCC(=O)Nc2ccccc2)ccc1OCc1ccccc1. The van der Waals surface area contributed by atoms with E-state index >= 15 is 0 Å². The minimum Gasteiger partial charge on any atom is -0.493 e. The maximum atomic E-state index is 11.9. The Bertz CT molecular complexity index is 1050. The molecule has 3 rings (SSSR count). The molecule has 3 aromatic carbocycles. The minimum absolute atomic E-state index is 0.0333. The largest absolute Gasteiger partial charge is 0.493 e. The van der Waals surface area contributed by atoms with Crippen LogP contribution in [0.4, 0.5) is 5.69 Å². The lowest BCUT2D eigenvalue weighted by atomic mass is 10.2. The number of amides is 2. The summed E-state index contributed by atoms with van der Waals surface area (Å²) in [6, 6.07) is 24.3. The number of carbonyl (C=O) groups is 2. The zero-order valence-electron chi connectivity index (χ0n) is 17.8. The summed E-state index contributed by atoms with van der Waals surface area (Å²) < 4.78 is 11.2. The Labute approximate surface area is 187 Å². The van der Waals surface area contributed by atoms with Gasteiger partial charge in [-0.1, -0.05) is 48.5 Å². The predicted molar refractivity (Wildman–Crippen MR) is 124 cm³/mol. The lowest BCUT2D eigenvalue weighted by Crippen LogP contribution is -2.20. The average molecular weight is 431 g/mol. The molecule has 0 aliphatic carbocycles. The van der Waals surface area contributed by atoms with Crippen molar-refractivity contribution < 1.29 is 19.1 Å². The van der Waals surface area contributed by atoms with Gasteiger partial charge in [-0.2, -0.15) is 5.10 Å². The van der Waals surface area contributed by atoms with E-state index in [0.29, 0.717) is 23.8 Å². The fourth-order valence-corrected chi connectivity index (χ4v) is 2.83. The van der Waals surface area contributed by atoms with Gasteiger partial charge in [0, 0.05) is 18.5 Å². The second kappa shape index (κ2) is 11.9. The second-order valence-corrected chi connectivity index (χ2v) is 6.89. The second-order valence-electron chi connectivity index (χ2n) is 6.89. The van der Waals surface area contributed by atoms with E-state index in [1.165, 1.54) is 6.21 Å². The number of rotatable bonds is 10. The quantitative estimate of drug-likeness (QED) is 0.373. The number of hydrogen-bond acceptors (Lipinski definition) is 5. The van der Waals surface area contributed by atoms with E-state index in [4.69, 9.17) is 9.47 Å². The van der Waals surface area contributed by atoms with Crippen molar-refractivity contribution in [1.29, 1.82) is 0 Å². The summed E-state index contributed by atoms with van der Waals surface area (Å²) in [5.74, 6) is 0.598. The van der Waals surface area contributed by atoms with Crippen LogP contribution in [0.1, 0.15) is 24.0 Å². The number of nitrogens with zero attached hydrogens (tertiary/aromatic N) is 1. The number of anilines is 1. The highest BCUT2D eigenvalue weighted by atomic mass is 16.5. The molecule has 0 atom stereocenters. The first-order valence-electron chi connectivity index (χ1n) is 10.2. The molecule has 0 radical (unpaired) electrons. The summed E-state index contributed by atoms with van der Waals surface area (Å²) in [7, 11) is 1.56. The number of carbonyl (C=O) groups excluding carboxylic acids is 2. The molecule has 0 saturated heterocycles. The van der Waals surface area contributed by atoms with Crippen molar-refractivity contribution in [1.82, 2.24) is 5.43 Å². The van der Waals surface area contributed by atoms with Gasteiger partial charge in [0.05, 0.1) is 13.3 Å². The Balaban J connectivity index is 1.45. The molecule has 0 aliphatic heterocycles. The fourth-order valence-electron chi connectivity index (χ4n) is 2.83. The molecule has 2 N–H and O–H groups in total. The van der Waals surface area contributed by atoms with Crippen LogP contribution in [0, 0.1) is 0 Å². The van der Waals surface area contributed by atoms with Crippen molar-refractivity contribution in [2.75, 3.05) is 12.4 Å². The van der Waals surface area contributed by atoms with Crippen molar-refractivity contribution in [3.8, 4) is 11.5 Å². The molecule has 0 unspecified atom stereocenters. The topological polar surface area (TPSA) is 89.0 Å².